The second-order valence-corrected chi connectivity index (χ2v) is 5.97. The first-order valence-electron chi connectivity index (χ1n) is 9.06. The number of carbonyl (C=O) groups is 1. The summed E-state index contributed by atoms with van der Waals surface area (Å²) in [6.07, 6.45) is 7.85. The minimum absolute atomic E-state index is 0. The lowest BCUT2D eigenvalue weighted by atomic mass is 10.1. The van der Waals surface area contributed by atoms with Crippen LogP contribution in [0.25, 0.3) is 0 Å². The van der Waals surface area contributed by atoms with Gasteiger partial charge in [0, 0.05) is 26.1 Å². The van der Waals surface area contributed by atoms with Crippen molar-refractivity contribution >= 4 is 35.8 Å². The van der Waals surface area contributed by atoms with Crippen LogP contribution in [0.2, 0.25) is 0 Å². The molecule has 0 aliphatic heterocycles. The largest absolute Gasteiger partial charge is 0.370 e. The predicted octanol–water partition coefficient (Wildman–Crippen LogP) is 3.58. The predicted molar refractivity (Wildman–Crippen MR) is 116 cm³/mol. The van der Waals surface area contributed by atoms with Crippen LogP contribution in [0.5, 0.6) is 0 Å². The molecule has 5 nitrogen and oxygen atoms in total. The van der Waals surface area contributed by atoms with Gasteiger partial charge >= 0.3 is 0 Å². The van der Waals surface area contributed by atoms with E-state index in [0.717, 1.165) is 18.5 Å². The molecular formula is C19H33IN4O. The minimum Gasteiger partial charge on any atom is -0.370 e. The molecule has 4 N–H and O–H groups in total. The lowest BCUT2D eigenvalue weighted by Crippen LogP contribution is -2.35. The molecule has 1 aromatic rings. The topological polar surface area (TPSA) is 79.5 Å². The fraction of sp³-hybridized carbons (Fsp3) is 0.579. The molecule has 0 aromatic heterocycles. The van der Waals surface area contributed by atoms with E-state index in [9.17, 15) is 4.79 Å². The zero-order valence-corrected chi connectivity index (χ0v) is 17.6. The Morgan fingerprint density at radius 1 is 1.04 bits per heavy atom. The van der Waals surface area contributed by atoms with Gasteiger partial charge in [-0.05, 0) is 12.0 Å². The number of halogens is 1. The number of nitrogens with zero attached hydrogens (tertiary/aromatic N) is 1. The molecule has 0 spiro atoms. The Hall–Kier alpha value is -1.31. The molecule has 25 heavy (non-hydrogen) atoms. The summed E-state index contributed by atoms with van der Waals surface area (Å²) in [4.78, 5) is 16.0. The Balaban J connectivity index is 0.00000576. The third-order valence-electron chi connectivity index (χ3n) is 3.78. The van der Waals surface area contributed by atoms with E-state index >= 15 is 0 Å². The van der Waals surface area contributed by atoms with Gasteiger partial charge in [-0.25, -0.2) is 0 Å². The lowest BCUT2D eigenvalue weighted by Gasteiger charge is -2.07. The zero-order valence-electron chi connectivity index (χ0n) is 15.3. The smallest absolute Gasteiger partial charge is 0.222 e. The lowest BCUT2D eigenvalue weighted by molar-refractivity contribution is -0.121. The molecule has 6 heteroatoms. The van der Waals surface area contributed by atoms with Crippen LogP contribution in [0.4, 0.5) is 0 Å². The first-order chi connectivity index (χ1) is 11.7. The van der Waals surface area contributed by atoms with Crippen molar-refractivity contribution in [2.45, 2.75) is 58.4 Å². The summed E-state index contributed by atoms with van der Waals surface area (Å²) in [6, 6.07) is 9.87. The minimum atomic E-state index is 0. The Bertz CT molecular complexity index is 480. The molecule has 0 radical (unpaired) electrons. The number of hydrogen-bond acceptors (Lipinski definition) is 2. The van der Waals surface area contributed by atoms with Gasteiger partial charge in [0.2, 0.25) is 5.91 Å². The third kappa shape index (κ3) is 13.6. The summed E-state index contributed by atoms with van der Waals surface area (Å²) in [5.41, 5.74) is 6.89. The standard InChI is InChI=1S/C19H32N4O.HI/c1-2-3-4-5-6-10-14-21-19(20)22-15-13-18(24)23-16-17-11-8-7-9-12-17;/h7-9,11-12H,2-6,10,13-16H2,1H3,(H,23,24)(H3,20,21,22);1H. The first kappa shape index (κ1) is 23.7. The van der Waals surface area contributed by atoms with Gasteiger partial charge in [-0.2, -0.15) is 0 Å². The van der Waals surface area contributed by atoms with Crippen molar-refractivity contribution in [1.29, 1.82) is 0 Å². The maximum atomic E-state index is 11.8. The van der Waals surface area contributed by atoms with Crippen molar-refractivity contribution in [3.63, 3.8) is 0 Å². The molecule has 1 amide bonds. The van der Waals surface area contributed by atoms with Gasteiger partial charge < -0.3 is 16.4 Å². The molecule has 0 atom stereocenters. The van der Waals surface area contributed by atoms with Gasteiger partial charge in [-0.1, -0.05) is 69.4 Å². The quantitative estimate of drug-likeness (QED) is 0.193. The summed E-state index contributed by atoms with van der Waals surface area (Å²) in [6.45, 7) is 4.04. The zero-order chi connectivity index (χ0) is 17.5. The number of nitrogens with two attached hydrogens (primary N) is 1. The monoisotopic (exact) mass is 460 g/mol. The van der Waals surface area contributed by atoms with Crippen LogP contribution in [-0.2, 0) is 11.3 Å². The Morgan fingerprint density at radius 3 is 2.44 bits per heavy atom. The molecule has 0 aliphatic rings. The van der Waals surface area contributed by atoms with Crippen molar-refractivity contribution in [1.82, 2.24) is 10.6 Å². The van der Waals surface area contributed by atoms with Crippen LogP contribution in [0.1, 0.15) is 57.4 Å². The number of amides is 1. The van der Waals surface area contributed by atoms with Crippen molar-refractivity contribution in [2.75, 3.05) is 13.1 Å². The maximum Gasteiger partial charge on any atom is 0.222 e. The number of hydrogen-bond donors (Lipinski definition) is 3. The summed E-state index contributed by atoms with van der Waals surface area (Å²) in [5, 5.41) is 5.88. The molecule has 0 aliphatic carbocycles. The fourth-order valence-electron chi connectivity index (χ4n) is 2.34. The SMILES string of the molecule is CCCCCCCCN=C(N)NCCC(=O)NCc1ccccc1.I. The molecule has 142 valence electrons. The number of guanidine groups is 1. The molecule has 0 saturated heterocycles. The first-order valence-corrected chi connectivity index (χ1v) is 9.06. The Labute approximate surface area is 169 Å². The molecule has 0 unspecified atom stereocenters. The van der Waals surface area contributed by atoms with E-state index in [1.807, 2.05) is 30.3 Å². The van der Waals surface area contributed by atoms with E-state index in [1.54, 1.807) is 0 Å². The highest BCUT2D eigenvalue weighted by molar-refractivity contribution is 14.0. The summed E-state index contributed by atoms with van der Waals surface area (Å²) >= 11 is 0. The van der Waals surface area contributed by atoms with Crippen molar-refractivity contribution < 1.29 is 4.79 Å². The highest BCUT2D eigenvalue weighted by Gasteiger charge is 2.01. The molecule has 0 saturated carbocycles. The van der Waals surface area contributed by atoms with Gasteiger partial charge in [0.15, 0.2) is 5.96 Å². The van der Waals surface area contributed by atoms with Crippen molar-refractivity contribution in [3.05, 3.63) is 35.9 Å². The van der Waals surface area contributed by atoms with E-state index in [1.165, 1.54) is 32.1 Å². The number of rotatable bonds is 12. The van der Waals surface area contributed by atoms with E-state index in [2.05, 4.69) is 22.5 Å². The van der Waals surface area contributed by atoms with Gasteiger partial charge in [-0.15, -0.1) is 24.0 Å². The third-order valence-corrected chi connectivity index (χ3v) is 3.78. The Kier molecular flexibility index (Phi) is 15.3. The average molecular weight is 460 g/mol. The van der Waals surface area contributed by atoms with E-state index in [-0.39, 0.29) is 29.9 Å². The van der Waals surface area contributed by atoms with Crippen molar-refractivity contribution in [3.8, 4) is 0 Å². The highest BCUT2D eigenvalue weighted by atomic mass is 127. The average Bonchev–Trinajstić information content (AvgIpc) is 2.60. The molecule has 0 heterocycles. The molecule has 1 rings (SSSR count). The van der Waals surface area contributed by atoms with Gasteiger partial charge in [0.1, 0.15) is 0 Å². The number of nitrogens with one attached hydrogen (secondary N) is 2. The summed E-state index contributed by atoms with van der Waals surface area (Å²) in [7, 11) is 0. The number of unbranched alkanes of at least 4 members (excludes halogenated alkanes) is 5. The van der Waals surface area contributed by atoms with Crippen LogP contribution < -0.4 is 16.4 Å². The normalized spacial score (nSPS) is 10.8. The second kappa shape index (κ2) is 16.2. The summed E-state index contributed by atoms with van der Waals surface area (Å²) in [5.74, 6) is 0.439. The fourth-order valence-corrected chi connectivity index (χ4v) is 2.34. The van der Waals surface area contributed by atoms with Gasteiger partial charge in [0.25, 0.3) is 0 Å². The van der Waals surface area contributed by atoms with Crippen LogP contribution in [-0.4, -0.2) is 25.0 Å². The molecule has 0 bridgehead atoms. The van der Waals surface area contributed by atoms with Crippen LogP contribution in [0.15, 0.2) is 35.3 Å². The Morgan fingerprint density at radius 2 is 1.72 bits per heavy atom. The van der Waals surface area contributed by atoms with Crippen molar-refractivity contribution in [2.24, 2.45) is 10.7 Å². The maximum absolute atomic E-state index is 11.8. The number of carbonyl (C=O) groups excluding carboxylic acids is 1. The molecule has 0 fully saturated rings. The van der Waals surface area contributed by atoms with Crippen LogP contribution in [0, 0.1) is 0 Å². The van der Waals surface area contributed by atoms with Crippen LogP contribution in [0.3, 0.4) is 0 Å². The summed E-state index contributed by atoms with van der Waals surface area (Å²) < 4.78 is 0. The van der Waals surface area contributed by atoms with Gasteiger partial charge in [-0.3, -0.25) is 9.79 Å². The number of aliphatic imine (C=N–C) groups is 1. The molecular weight excluding hydrogens is 427 g/mol. The highest BCUT2D eigenvalue weighted by Crippen LogP contribution is 2.04. The number of benzene rings is 1. The second-order valence-electron chi connectivity index (χ2n) is 5.97. The van der Waals surface area contributed by atoms with E-state index < -0.39 is 0 Å². The molecule has 1 aromatic carbocycles. The van der Waals surface area contributed by atoms with E-state index in [0.29, 0.717) is 25.5 Å². The van der Waals surface area contributed by atoms with Crippen LogP contribution >= 0.6 is 24.0 Å². The van der Waals surface area contributed by atoms with Gasteiger partial charge in [0.05, 0.1) is 0 Å². The van der Waals surface area contributed by atoms with E-state index in [4.69, 9.17) is 5.73 Å².